The summed E-state index contributed by atoms with van der Waals surface area (Å²) in [5.41, 5.74) is 2.50. The van der Waals surface area contributed by atoms with Gasteiger partial charge >= 0.3 is 6.03 Å². The molecule has 0 spiro atoms. The van der Waals surface area contributed by atoms with Crippen molar-refractivity contribution >= 4 is 29.2 Å². The number of halogens is 1. The van der Waals surface area contributed by atoms with Crippen LogP contribution < -0.4 is 5.32 Å². The highest BCUT2D eigenvalue weighted by molar-refractivity contribution is 6.31. The summed E-state index contributed by atoms with van der Waals surface area (Å²) in [5.74, 6) is 1.30. The molecule has 0 radical (unpaired) electrons. The summed E-state index contributed by atoms with van der Waals surface area (Å²) >= 11 is 6.24. The number of carbonyl (C=O) groups is 2. The van der Waals surface area contributed by atoms with Crippen molar-refractivity contribution in [1.29, 1.82) is 0 Å². The van der Waals surface area contributed by atoms with Crippen LogP contribution in [0.3, 0.4) is 0 Å². The van der Waals surface area contributed by atoms with Gasteiger partial charge in [-0.2, -0.15) is 0 Å². The summed E-state index contributed by atoms with van der Waals surface area (Å²) in [6.45, 7) is 5.40. The number of nitrogens with one attached hydrogen (secondary N) is 1. The van der Waals surface area contributed by atoms with Crippen LogP contribution in [0.15, 0.2) is 65.1 Å². The molecule has 36 heavy (non-hydrogen) atoms. The van der Waals surface area contributed by atoms with Crippen molar-refractivity contribution in [1.82, 2.24) is 9.80 Å². The molecule has 1 aliphatic rings. The van der Waals surface area contributed by atoms with E-state index in [1.807, 2.05) is 62.4 Å². The van der Waals surface area contributed by atoms with Crippen LogP contribution in [0, 0.1) is 13.8 Å². The van der Waals surface area contributed by atoms with E-state index in [-0.39, 0.29) is 24.6 Å². The molecular weight excluding hydrogens is 478 g/mol. The van der Waals surface area contributed by atoms with E-state index >= 15 is 0 Å². The number of rotatable bonds is 9. The van der Waals surface area contributed by atoms with E-state index in [4.69, 9.17) is 20.8 Å². The van der Waals surface area contributed by atoms with E-state index in [1.54, 1.807) is 17.0 Å². The first-order valence-corrected chi connectivity index (χ1v) is 12.6. The molecule has 1 atom stereocenters. The second-order valence-corrected chi connectivity index (χ2v) is 9.56. The molecule has 1 aliphatic heterocycles. The van der Waals surface area contributed by atoms with E-state index in [0.717, 1.165) is 29.7 Å². The first-order valence-electron chi connectivity index (χ1n) is 12.2. The maximum Gasteiger partial charge on any atom is 0.322 e. The van der Waals surface area contributed by atoms with Gasteiger partial charge in [-0.25, -0.2) is 4.79 Å². The van der Waals surface area contributed by atoms with Crippen LogP contribution in [0.25, 0.3) is 0 Å². The zero-order valence-corrected chi connectivity index (χ0v) is 21.5. The third-order valence-electron chi connectivity index (χ3n) is 6.20. The van der Waals surface area contributed by atoms with Crippen molar-refractivity contribution in [2.75, 3.05) is 25.0 Å². The van der Waals surface area contributed by atoms with Crippen LogP contribution in [-0.2, 0) is 22.6 Å². The van der Waals surface area contributed by atoms with Crippen LogP contribution in [0.1, 0.15) is 35.5 Å². The fourth-order valence-corrected chi connectivity index (χ4v) is 4.36. The van der Waals surface area contributed by atoms with Gasteiger partial charge in [-0.1, -0.05) is 48.0 Å². The largest absolute Gasteiger partial charge is 0.464 e. The SMILES string of the molecule is Cc1ccc(CN(Cc2ccccc2)C(=O)CN(CC2CCCO2)C(=O)Nc2ccc(C)c(Cl)c2)o1. The molecule has 3 amide bonds. The number of benzene rings is 2. The van der Waals surface area contributed by atoms with E-state index in [1.165, 1.54) is 4.90 Å². The smallest absolute Gasteiger partial charge is 0.322 e. The molecule has 7 nitrogen and oxygen atoms in total. The van der Waals surface area contributed by atoms with Crippen molar-refractivity contribution in [3.05, 3.63) is 88.3 Å². The highest BCUT2D eigenvalue weighted by Gasteiger charge is 2.27. The van der Waals surface area contributed by atoms with Gasteiger partial charge in [0.05, 0.1) is 12.6 Å². The summed E-state index contributed by atoms with van der Waals surface area (Å²) in [4.78, 5) is 30.1. The minimum absolute atomic E-state index is 0.0855. The van der Waals surface area contributed by atoms with Crippen molar-refractivity contribution in [3.63, 3.8) is 0 Å². The monoisotopic (exact) mass is 509 g/mol. The summed E-state index contributed by atoms with van der Waals surface area (Å²) < 4.78 is 11.5. The molecule has 3 aromatic rings. The normalized spacial score (nSPS) is 15.0. The second-order valence-electron chi connectivity index (χ2n) is 9.16. The first-order chi connectivity index (χ1) is 17.4. The lowest BCUT2D eigenvalue weighted by atomic mass is 10.2. The van der Waals surface area contributed by atoms with Gasteiger partial charge in [0.15, 0.2) is 0 Å². The Bertz CT molecular complexity index is 1170. The van der Waals surface area contributed by atoms with Crippen molar-refractivity contribution in [2.45, 2.75) is 45.9 Å². The molecule has 1 saturated heterocycles. The Morgan fingerprint density at radius 3 is 2.50 bits per heavy atom. The van der Waals surface area contributed by atoms with E-state index in [2.05, 4.69) is 5.32 Å². The number of aryl methyl sites for hydroxylation is 2. The minimum Gasteiger partial charge on any atom is -0.464 e. The highest BCUT2D eigenvalue weighted by Crippen LogP contribution is 2.21. The van der Waals surface area contributed by atoms with Gasteiger partial charge in [0, 0.05) is 30.4 Å². The average Bonchev–Trinajstić information content (AvgIpc) is 3.52. The number of anilines is 1. The summed E-state index contributed by atoms with van der Waals surface area (Å²) in [7, 11) is 0. The van der Waals surface area contributed by atoms with Gasteiger partial charge in [-0.3, -0.25) is 4.79 Å². The van der Waals surface area contributed by atoms with Crippen molar-refractivity contribution in [2.24, 2.45) is 0 Å². The van der Waals surface area contributed by atoms with Gasteiger partial charge in [0.1, 0.15) is 18.1 Å². The molecule has 1 N–H and O–H groups in total. The number of hydrogen-bond donors (Lipinski definition) is 1. The topological polar surface area (TPSA) is 75.0 Å². The molecule has 2 heterocycles. The molecule has 8 heteroatoms. The summed E-state index contributed by atoms with van der Waals surface area (Å²) in [6, 6.07) is 18.5. The quantitative estimate of drug-likeness (QED) is 0.396. The Hall–Kier alpha value is -3.29. The van der Waals surface area contributed by atoms with Gasteiger partial charge in [0.25, 0.3) is 0 Å². The van der Waals surface area contributed by atoms with Crippen LogP contribution in [-0.4, -0.2) is 47.5 Å². The number of furan rings is 1. The standard InChI is InChI=1S/C28H32ClN3O4/c1-20-10-12-23(15-26(20)29)30-28(34)32(17-24-9-6-14-35-24)19-27(33)31(16-22-7-4-3-5-8-22)18-25-13-11-21(2)36-25/h3-5,7-8,10-13,15,24H,6,9,14,16-19H2,1-2H3,(H,30,34). The third-order valence-corrected chi connectivity index (χ3v) is 6.60. The van der Waals surface area contributed by atoms with E-state index < -0.39 is 0 Å². The maximum absolute atomic E-state index is 13.6. The third kappa shape index (κ3) is 7.12. The van der Waals surface area contributed by atoms with Crippen LogP contribution in [0.5, 0.6) is 0 Å². The van der Waals surface area contributed by atoms with E-state index in [0.29, 0.717) is 42.7 Å². The molecule has 2 aromatic carbocycles. The van der Waals surface area contributed by atoms with E-state index in [9.17, 15) is 9.59 Å². The molecular formula is C28H32ClN3O4. The predicted molar refractivity (Wildman–Crippen MR) is 140 cm³/mol. The molecule has 1 fully saturated rings. The lowest BCUT2D eigenvalue weighted by molar-refractivity contribution is -0.133. The van der Waals surface area contributed by atoms with Crippen molar-refractivity contribution < 1.29 is 18.7 Å². The second kappa shape index (κ2) is 12.1. The van der Waals surface area contributed by atoms with Gasteiger partial charge in [-0.15, -0.1) is 0 Å². The Labute approximate surface area is 217 Å². The fraction of sp³-hybridized carbons (Fsp3) is 0.357. The molecule has 190 valence electrons. The number of ether oxygens (including phenoxy) is 1. The number of urea groups is 1. The summed E-state index contributed by atoms with van der Waals surface area (Å²) in [5, 5.41) is 3.46. The van der Waals surface area contributed by atoms with Gasteiger partial charge < -0.3 is 24.3 Å². The zero-order valence-electron chi connectivity index (χ0n) is 20.7. The number of nitrogens with zero attached hydrogens (tertiary/aromatic N) is 2. The molecule has 4 rings (SSSR count). The summed E-state index contributed by atoms with van der Waals surface area (Å²) in [6.07, 6.45) is 1.70. The lowest BCUT2D eigenvalue weighted by Gasteiger charge is -2.29. The predicted octanol–water partition coefficient (Wildman–Crippen LogP) is 5.79. The maximum atomic E-state index is 13.6. The molecule has 0 saturated carbocycles. The fourth-order valence-electron chi connectivity index (χ4n) is 4.18. The number of amides is 3. The van der Waals surface area contributed by atoms with Crippen LogP contribution >= 0.6 is 11.6 Å². The van der Waals surface area contributed by atoms with Crippen LogP contribution in [0.2, 0.25) is 5.02 Å². The highest BCUT2D eigenvalue weighted by atomic mass is 35.5. The van der Waals surface area contributed by atoms with Gasteiger partial charge in [0.2, 0.25) is 5.91 Å². The average molecular weight is 510 g/mol. The molecule has 1 unspecified atom stereocenters. The Balaban J connectivity index is 1.51. The van der Waals surface area contributed by atoms with Gasteiger partial charge in [-0.05, 0) is 62.1 Å². The Morgan fingerprint density at radius 1 is 1.03 bits per heavy atom. The molecule has 0 bridgehead atoms. The Morgan fingerprint density at radius 2 is 1.83 bits per heavy atom. The number of carbonyl (C=O) groups excluding carboxylic acids is 2. The molecule has 1 aromatic heterocycles. The lowest BCUT2D eigenvalue weighted by Crippen LogP contribution is -2.46. The Kier molecular flexibility index (Phi) is 8.67. The zero-order chi connectivity index (χ0) is 25.5. The molecule has 0 aliphatic carbocycles. The first kappa shape index (κ1) is 25.8. The number of hydrogen-bond acceptors (Lipinski definition) is 4. The van der Waals surface area contributed by atoms with Crippen molar-refractivity contribution in [3.8, 4) is 0 Å². The minimum atomic E-state index is -0.368. The van der Waals surface area contributed by atoms with Crippen LogP contribution in [0.4, 0.5) is 10.5 Å².